The molecule has 0 bridgehead atoms. The minimum absolute atomic E-state index is 0.760. The van der Waals surface area contributed by atoms with Crippen molar-refractivity contribution in [3.63, 3.8) is 0 Å². The van der Waals surface area contributed by atoms with Crippen molar-refractivity contribution in [2.24, 2.45) is 5.92 Å². The van der Waals surface area contributed by atoms with E-state index in [-0.39, 0.29) is 0 Å². The van der Waals surface area contributed by atoms with Gasteiger partial charge in [0.25, 0.3) is 0 Å². The lowest BCUT2D eigenvalue weighted by Gasteiger charge is -2.10. The molecular formula is C16H25NO. The lowest BCUT2D eigenvalue weighted by atomic mass is 10.1. The van der Waals surface area contributed by atoms with Crippen molar-refractivity contribution in [3.05, 3.63) is 35.4 Å². The zero-order valence-corrected chi connectivity index (χ0v) is 11.5. The molecule has 1 aliphatic rings. The third-order valence-electron chi connectivity index (χ3n) is 3.67. The van der Waals surface area contributed by atoms with Crippen LogP contribution in [0.3, 0.4) is 0 Å². The van der Waals surface area contributed by atoms with E-state index in [0.717, 1.165) is 32.2 Å². The van der Waals surface area contributed by atoms with E-state index in [0.29, 0.717) is 0 Å². The van der Waals surface area contributed by atoms with Crippen LogP contribution in [0.5, 0.6) is 0 Å². The summed E-state index contributed by atoms with van der Waals surface area (Å²) < 4.78 is 5.84. The van der Waals surface area contributed by atoms with Crippen LogP contribution in [-0.4, -0.2) is 13.2 Å². The molecule has 18 heavy (non-hydrogen) atoms. The van der Waals surface area contributed by atoms with Crippen molar-refractivity contribution in [2.75, 3.05) is 13.2 Å². The molecule has 1 saturated carbocycles. The highest BCUT2D eigenvalue weighted by molar-refractivity contribution is 5.22. The van der Waals surface area contributed by atoms with E-state index >= 15 is 0 Å². The second kappa shape index (κ2) is 7.55. The molecule has 0 atom stereocenters. The van der Waals surface area contributed by atoms with Crippen LogP contribution in [0.2, 0.25) is 0 Å². The van der Waals surface area contributed by atoms with Crippen LogP contribution in [0.4, 0.5) is 0 Å². The Morgan fingerprint density at radius 2 is 2.00 bits per heavy atom. The summed E-state index contributed by atoms with van der Waals surface area (Å²) >= 11 is 0. The largest absolute Gasteiger partial charge is 0.376 e. The van der Waals surface area contributed by atoms with Crippen LogP contribution < -0.4 is 5.32 Å². The molecule has 1 aliphatic carbocycles. The first kappa shape index (κ1) is 13.6. The zero-order valence-electron chi connectivity index (χ0n) is 11.5. The molecular weight excluding hydrogens is 222 g/mol. The molecule has 1 fully saturated rings. The van der Waals surface area contributed by atoms with Gasteiger partial charge in [0.15, 0.2) is 0 Å². The fourth-order valence-corrected chi connectivity index (χ4v) is 2.62. The molecule has 1 aromatic rings. The fraction of sp³-hybridized carbons (Fsp3) is 0.625. The summed E-state index contributed by atoms with van der Waals surface area (Å²) in [5.41, 5.74) is 2.64. The van der Waals surface area contributed by atoms with Gasteiger partial charge in [0, 0.05) is 13.2 Å². The number of rotatable bonds is 7. The first-order valence-electron chi connectivity index (χ1n) is 7.24. The lowest BCUT2D eigenvalue weighted by Crippen LogP contribution is -2.12. The van der Waals surface area contributed by atoms with E-state index in [2.05, 4.69) is 36.5 Å². The van der Waals surface area contributed by atoms with Gasteiger partial charge in [0.05, 0.1) is 6.61 Å². The number of hydrogen-bond donors (Lipinski definition) is 1. The number of hydrogen-bond acceptors (Lipinski definition) is 2. The molecule has 2 rings (SSSR count). The summed E-state index contributed by atoms with van der Waals surface area (Å²) in [5.74, 6) is 0.815. The summed E-state index contributed by atoms with van der Waals surface area (Å²) in [6.45, 7) is 5.80. The first-order chi connectivity index (χ1) is 8.88. The fourth-order valence-electron chi connectivity index (χ4n) is 2.62. The number of ether oxygens (including phenoxy) is 1. The summed E-state index contributed by atoms with van der Waals surface area (Å²) in [6, 6.07) is 8.70. The van der Waals surface area contributed by atoms with Gasteiger partial charge in [-0.25, -0.2) is 0 Å². The molecule has 0 amide bonds. The van der Waals surface area contributed by atoms with Crippen LogP contribution >= 0.6 is 0 Å². The van der Waals surface area contributed by atoms with E-state index in [1.807, 2.05) is 0 Å². The van der Waals surface area contributed by atoms with Crippen molar-refractivity contribution >= 4 is 0 Å². The average molecular weight is 247 g/mol. The Morgan fingerprint density at radius 3 is 2.78 bits per heavy atom. The molecule has 0 aliphatic heterocycles. The van der Waals surface area contributed by atoms with Crippen molar-refractivity contribution in [3.8, 4) is 0 Å². The Morgan fingerprint density at radius 1 is 1.22 bits per heavy atom. The second-order valence-corrected chi connectivity index (χ2v) is 5.27. The van der Waals surface area contributed by atoms with Crippen molar-refractivity contribution in [1.29, 1.82) is 0 Å². The highest BCUT2D eigenvalue weighted by Crippen LogP contribution is 2.25. The Hall–Kier alpha value is -0.860. The molecule has 2 nitrogen and oxygen atoms in total. The molecule has 0 spiro atoms. The van der Waals surface area contributed by atoms with Gasteiger partial charge < -0.3 is 10.1 Å². The average Bonchev–Trinajstić information content (AvgIpc) is 2.90. The quantitative estimate of drug-likeness (QED) is 0.796. The van der Waals surface area contributed by atoms with Crippen LogP contribution in [0, 0.1) is 5.92 Å². The van der Waals surface area contributed by atoms with Gasteiger partial charge in [0.1, 0.15) is 0 Å². The van der Waals surface area contributed by atoms with Gasteiger partial charge >= 0.3 is 0 Å². The molecule has 0 heterocycles. The Balaban J connectivity index is 1.74. The molecule has 1 N–H and O–H groups in total. The highest BCUT2D eigenvalue weighted by Gasteiger charge is 2.14. The monoisotopic (exact) mass is 247 g/mol. The maximum absolute atomic E-state index is 5.84. The van der Waals surface area contributed by atoms with Gasteiger partial charge in [0.2, 0.25) is 0 Å². The van der Waals surface area contributed by atoms with Gasteiger partial charge in [-0.2, -0.15) is 0 Å². The van der Waals surface area contributed by atoms with Crippen LogP contribution in [0.25, 0.3) is 0 Å². The minimum atomic E-state index is 0.760. The molecule has 2 heteroatoms. The molecule has 1 aromatic carbocycles. The third-order valence-corrected chi connectivity index (χ3v) is 3.67. The highest BCUT2D eigenvalue weighted by atomic mass is 16.5. The van der Waals surface area contributed by atoms with E-state index in [1.165, 1.54) is 36.8 Å². The summed E-state index contributed by atoms with van der Waals surface area (Å²) in [6.07, 6.45) is 5.51. The van der Waals surface area contributed by atoms with Crippen LogP contribution in [-0.2, 0) is 17.9 Å². The van der Waals surface area contributed by atoms with E-state index in [4.69, 9.17) is 4.74 Å². The lowest BCUT2D eigenvalue weighted by molar-refractivity contribution is 0.0888. The normalized spacial score (nSPS) is 16.3. The molecule has 100 valence electrons. The Bertz CT molecular complexity index is 345. The van der Waals surface area contributed by atoms with Gasteiger partial charge in [-0.1, -0.05) is 44.0 Å². The molecule has 0 aromatic heterocycles. The Kier molecular flexibility index (Phi) is 5.69. The van der Waals surface area contributed by atoms with E-state index < -0.39 is 0 Å². The van der Waals surface area contributed by atoms with Crippen molar-refractivity contribution in [2.45, 2.75) is 45.8 Å². The zero-order chi connectivity index (χ0) is 12.6. The number of nitrogens with one attached hydrogen (secondary N) is 1. The molecule has 0 unspecified atom stereocenters. The molecule has 0 radical (unpaired) electrons. The van der Waals surface area contributed by atoms with Crippen LogP contribution in [0.15, 0.2) is 24.3 Å². The maximum Gasteiger partial charge on any atom is 0.0717 e. The van der Waals surface area contributed by atoms with Gasteiger partial charge in [-0.15, -0.1) is 0 Å². The van der Waals surface area contributed by atoms with E-state index in [1.54, 1.807) is 0 Å². The predicted octanol–water partition coefficient (Wildman–Crippen LogP) is 3.50. The minimum Gasteiger partial charge on any atom is -0.376 e. The smallest absolute Gasteiger partial charge is 0.0717 e. The van der Waals surface area contributed by atoms with Crippen LogP contribution in [0.1, 0.15) is 43.7 Å². The van der Waals surface area contributed by atoms with E-state index in [9.17, 15) is 0 Å². The maximum atomic E-state index is 5.84. The SMILES string of the molecule is CCNCc1cccc(COCC2CCCC2)c1. The summed E-state index contributed by atoms with van der Waals surface area (Å²) in [5, 5.41) is 3.35. The van der Waals surface area contributed by atoms with Gasteiger partial charge in [-0.3, -0.25) is 0 Å². The van der Waals surface area contributed by atoms with Crippen molar-refractivity contribution in [1.82, 2.24) is 5.32 Å². The Labute approximate surface area is 111 Å². The molecule has 0 saturated heterocycles. The standard InChI is InChI=1S/C16H25NO/c1-2-17-11-15-8-5-9-16(10-15)13-18-12-14-6-3-4-7-14/h5,8-10,14,17H,2-4,6-7,11-13H2,1H3. The first-order valence-corrected chi connectivity index (χ1v) is 7.24. The van der Waals surface area contributed by atoms with Gasteiger partial charge in [-0.05, 0) is 36.4 Å². The summed E-state index contributed by atoms with van der Waals surface area (Å²) in [7, 11) is 0. The third kappa shape index (κ3) is 4.43. The summed E-state index contributed by atoms with van der Waals surface area (Å²) in [4.78, 5) is 0. The topological polar surface area (TPSA) is 21.3 Å². The van der Waals surface area contributed by atoms with Crippen molar-refractivity contribution < 1.29 is 4.74 Å². The predicted molar refractivity (Wildman–Crippen MR) is 75.4 cm³/mol. The second-order valence-electron chi connectivity index (χ2n) is 5.27. The number of benzene rings is 1.